The Labute approximate surface area is 199 Å². The van der Waals surface area contributed by atoms with Crippen LogP contribution in [0.15, 0.2) is 70.7 Å². The maximum Gasteiger partial charge on any atom is 0.234 e. The van der Waals surface area contributed by atoms with Crippen LogP contribution in [0.3, 0.4) is 0 Å². The highest BCUT2D eigenvalue weighted by atomic mass is 32.2. The van der Waals surface area contributed by atoms with Crippen LogP contribution < -0.4 is 15.4 Å². The van der Waals surface area contributed by atoms with Crippen LogP contribution in [0, 0.1) is 0 Å². The van der Waals surface area contributed by atoms with Crippen LogP contribution >= 0.6 is 11.8 Å². The van der Waals surface area contributed by atoms with Gasteiger partial charge in [-0.1, -0.05) is 11.8 Å². The van der Waals surface area contributed by atoms with E-state index in [2.05, 4.69) is 25.8 Å². The summed E-state index contributed by atoms with van der Waals surface area (Å²) < 4.78 is 12.7. The zero-order chi connectivity index (χ0) is 23.9. The molecule has 0 bridgehead atoms. The van der Waals surface area contributed by atoms with Crippen LogP contribution in [0.25, 0.3) is 11.4 Å². The van der Waals surface area contributed by atoms with E-state index in [1.165, 1.54) is 25.8 Å². The minimum Gasteiger partial charge on any atom is -0.495 e. The first kappa shape index (κ1) is 23.1. The lowest BCUT2D eigenvalue weighted by atomic mass is 10.2. The van der Waals surface area contributed by atoms with E-state index < -0.39 is 0 Å². The Morgan fingerprint density at radius 2 is 2.03 bits per heavy atom. The van der Waals surface area contributed by atoms with Crippen LogP contribution in [0.2, 0.25) is 0 Å². The van der Waals surface area contributed by atoms with Gasteiger partial charge in [0, 0.05) is 30.6 Å². The average molecular weight is 479 g/mol. The van der Waals surface area contributed by atoms with Crippen LogP contribution in [-0.2, 0) is 16.1 Å². The van der Waals surface area contributed by atoms with Crippen molar-refractivity contribution in [2.24, 2.45) is 0 Å². The lowest BCUT2D eigenvalue weighted by Gasteiger charge is -2.12. The summed E-state index contributed by atoms with van der Waals surface area (Å²) in [7, 11) is 1.51. The highest BCUT2D eigenvalue weighted by Crippen LogP contribution is 2.29. The fourth-order valence-corrected chi connectivity index (χ4v) is 3.95. The van der Waals surface area contributed by atoms with Crippen LogP contribution in [-0.4, -0.2) is 44.4 Å². The Balaban J connectivity index is 1.51. The molecule has 0 aliphatic heterocycles. The van der Waals surface area contributed by atoms with Gasteiger partial charge < -0.3 is 19.8 Å². The third-order valence-electron chi connectivity index (χ3n) is 4.66. The van der Waals surface area contributed by atoms with Crippen LogP contribution in [0.1, 0.15) is 12.7 Å². The molecule has 0 aliphatic rings. The molecule has 3 aromatic heterocycles. The summed E-state index contributed by atoms with van der Waals surface area (Å²) in [6.45, 7) is 1.82. The number of furan rings is 1. The second-order valence-corrected chi connectivity index (χ2v) is 8.09. The molecule has 3 heterocycles. The molecule has 10 nitrogen and oxygen atoms in total. The van der Waals surface area contributed by atoms with Gasteiger partial charge in [0.25, 0.3) is 0 Å². The highest BCUT2D eigenvalue weighted by molar-refractivity contribution is 7.99. The molecule has 0 atom stereocenters. The molecule has 0 unspecified atom stereocenters. The molecule has 174 valence electrons. The second-order valence-electron chi connectivity index (χ2n) is 7.15. The predicted molar refractivity (Wildman–Crippen MR) is 128 cm³/mol. The van der Waals surface area contributed by atoms with Gasteiger partial charge in [0.15, 0.2) is 11.0 Å². The van der Waals surface area contributed by atoms with Crippen LogP contribution in [0.5, 0.6) is 5.75 Å². The lowest BCUT2D eigenvalue weighted by molar-refractivity contribution is -0.114. The number of nitrogens with one attached hydrogen (secondary N) is 2. The van der Waals surface area contributed by atoms with Crippen molar-refractivity contribution in [3.05, 3.63) is 66.9 Å². The maximum absolute atomic E-state index is 12.7. The number of nitrogens with zero attached hydrogens (tertiary/aromatic N) is 4. The van der Waals surface area contributed by atoms with E-state index in [1.807, 2.05) is 28.8 Å². The molecule has 0 aliphatic carbocycles. The molecule has 0 fully saturated rings. The topological polar surface area (TPSA) is 124 Å². The number of pyridine rings is 1. The van der Waals surface area contributed by atoms with Crippen molar-refractivity contribution in [1.82, 2.24) is 19.7 Å². The van der Waals surface area contributed by atoms with Gasteiger partial charge in [0.1, 0.15) is 11.5 Å². The summed E-state index contributed by atoms with van der Waals surface area (Å²) in [5, 5.41) is 14.7. The third kappa shape index (κ3) is 5.62. The summed E-state index contributed by atoms with van der Waals surface area (Å²) >= 11 is 1.24. The number of amides is 2. The van der Waals surface area contributed by atoms with Crippen molar-refractivity contribution in [3.63, 3.8) is 0 Å². The molecule has 4 rings (SSSR count). The number of benzene rings is 1. The minimum atomic E-state index is -0.265. The largest absolute Gasteiger partial charge is 0.495 e. The van der Waals surface area contributed by atoms with Crippen molar-refractivity contribution in [2.45, 2.75) is 18.6 Å². The first-order chi connectivity index (χ1) is 16.5. The molecule has 0 spiro atoms. The molecule has 2 N–H and O–H groups in total. The summed E-state index contributed by atoms with van der Waals surface area (Å²) in [6.07, 6.45) is 5.00. The number of carbonyl (C=O) groups is 2. The number of aromatic nitrogens is 4. The smallest absolute Gasteiger partial charge is 0.234 e. The SMILES string of the molecule is COc1ccc(NC(C)=O)cc1NC(=O)CSc1nnc(-c2cccnc2)n1Cc1ccco1. The van der Waals surface area contributed by atoms with E-state index in [1.54, 1.807) is 36.9 Å². The molecule has 1 aromatic carbocycles. The Morgan fingerprint density at radius 3 is 2.74 bits per heavy atom. The normalized spacial score (nSPS) is 10.6. The predicted octanol–water partition coefficient (Wildman–Crippen LogP) is 3.68. The monoisotopic (exact) mass is 478 g/mol. The van der Waals surface area contributed by atoms with Crippen molar-refractivity contribution < 1.29 is 18.7 Å². The second kappa shape index (κ2) is 10.7. The number of ether oxygens (including phenoxy) is 1. The first-order valence-corrected chi connectivity index (χ1v) is 11.3. The molecule has 0 radical (unpaired) electrons. The molecule has 0 saturated carbocycles. The standard InChI is InChI=1S/C23H22N6O4S/c1-15(30)25-17-7-8-20(32-2)19(11-17)26-21(31)14-34-23-28-27-22(16-5-3-9-24-12-16)29(23)13-18-6-4-10-33-18/h3-12H,13-14H2,1-2H3,(H,25,30)(H,26,31). The van der Waals surface area contributed by atoms with Gasteiger partial charge in [0.05, 0.1) is 31.4 Å². The molecule has 0 saturated heterocycles. The Morgan fingerprint density at radius 1 is 1.15 bits per heavy atom. The van der Waals surface area contributed by atoms with Gasteiger partial charge in [-0.05, 0) is 42.5 Å². The number of thioether (sulfide) groups is 1. The zero-order valence-corrected chi connectivity index (χ0v) is 19.3. The number of anilines is 2. The van der Waals surface area contributed by atoms with Crippen molar-refractivity contribution >= 4 is 35.0 Å². The molecular weight excluding hydrogens is 456 g/mol. The summed E-state index contributed by atoms with van der Waals surface area (Å²) in [5.41, 5.74) is 1.81. The molecule has 2 amide bonds. The summed E-state index contributed by atoms with van der Waals surface area (Å²) in [6, 6.07) is 12.4. The Kier molecular flexibility index (Phi) is 7.23. The average Bonchev–Trinajstić information content (AvgIpc) is 3.48. The number of carbonyl (C=O) groups excluding carboxylic acids is 2. The quantitative estimate of drug-likeness (QED) is 0.349. The van der Waals surface area contributed by atoms with Gasteiger partial charge in [-0.15, -0.1) is 10.2 Å². The zero-order valence-electron chi connectivity index (χ0n) is 18.5. The van der Waals surface area contributed by atoms with E-state index in [0.717, 1.165) is 11.3 Å². The number of methoxy groups -OCH3 is 1. The third-order valence-corrected chi connectivity index (χ3v) is 5.62. The summed E-state index contributed by atoms with van der Waals surface area (Å²) in [4.78, 5) is 28.2. The minimum absolute atomic E-state index is 0.0802. The fraction of sp³-hybridized carbons (Fsp3) is 0.174. The highest BCUT2D eigenvalue weighted by Gasteiger charge is 2.18. The number of hydrogen-bond donors (Lipinski definition) is 2. The lowest BCUT2D eigenvalue weighted by Crippen LogP contribution is -2.16. The number of hydrogen-bond acceptors (Lipinski definition) is 8. The van der Waals surface area contributed by atoms with Gasteiger partial charge in [-0.25, -0.2) is 0 Å². The Hall–Kier alpha value is -4.12. The summed E-state index contributed by atoms with van der Waals surface area (Å²) in [5.74, 6) is 1.44. The maximum atomic E-state index is 12.7. The molecule has 4 aromatic rings. The molecule has 11 heteroatoms. The fourth-order valence-electron chi connectivity index (χ4n) is 3.21. The van der Waals surface area contributed by atoms with E-state index >= 15 is 0 Å². The Bertz CT molecular complexity index is 1270. The van der Waals surface area contributed by atoms with Crippen molar-refractivity contribution in [2.75, 3.05) is 23.5 Å². The van der Waals surface area contributed by atoms with Gasteiger partial charge in [0.2, 0.25) is 11.8 Å². The molecular formula is C23H22N6O4S. The van der Waals surface area contributed by atoms with Gasteiger partial charge in [-0.3, -0.25) is 19.1 Å². The van der Waals surface area contributed by atoms with Crippen molar-refractivity contribution in [3.8, 4) is 17.1 Å². The van der Waals surface area contributed by atoms with E-state index in [0.29, 0.717) is 34.6 Å². The van der Waals surface area contributed by atoms with Gasteiger partial charge >= 0.3 is 0 Å². The molecule has 34 heavy (non-hydrogen) atoms. The van der Waals surface area contributed by atoms with Crippen molar-refractivity contribution in [1.29, 1.82) is 0 Å². The van der Waals surface area contributed by atoms with Gasteiger partial charge in [-0.2, -0.15) is 0 Å². The van der Waals surface area contributed by atoms with Crippen LogP contribution in [0.4, 0.5) is 11.4 Å². The first-order valence-electron chi connectivity index (χ1n) is 10.3. The van der Waals surface area contributed by atoms with E-state index in [9.17, 15) is 9.59 Å². The number of rotatable bonds is 9. The van der Waals surface area contributed by atoms with E-state index in [4.69, 9.17) is 9.15 Å². The van der Waals surface area contributed by atoms with E-state index in [-0.39, 0.29) is 17.6 Å².